The summed E-state index contributed by atoms with van der Waals surface area (Å²) in [5.41, 5.74) is 4.44. The highest BCUT2D eigenvalue weighted by atomic mass is 16.5. The zero-order valence-corrected chi connectivity index (χ0v) is 15.5. The predicted molar refractivity (Wildman–Crippen MR) is 108 cm³/mol. The first-order chi connectivity index (χ1) is 13.8. The topological polar surface area (TPSA) is 76.0 Å². The highest BCUT2D eigenvalue weighted by molar-refractivity contribution is 5.76. The molecule has 1 fully saturated rings. The van der Waals surface area contributed by atoms with Crippen molar-refractivity contribution >= 4 is 11.0 Å². The van der Waals surface area contributed by atoms with Gasteiger partial charge < -0.3 is 14.8 Å². The molecule has 0 radical (unpaired) electrons. The number of nitrogens with one attached hydrogen (secondary N) is 1. The molecule has 2 aromatic heterocycles. The molecule has 1 aliphatic heterocycles. The summed E-state index contributed by atoms with van der Waals surface area (Å²) in [5, 5.41) is 15.8. The average molecular weight is 374 g/mol. The van der Waals surface area contributed by atoms with Gasteiger partial charge in [0.25, 0.3) is 0 Å². The first-order valence-electron chi connectivity index (χ1n) is 9.69. The van der Waals surface area contributed by atoms with Crippen LogP contribution in [0.2, 0.25) is 0 Å². The van der Waals surface area contributed by atoms with Crippen LogP contribution in [0, 0.1) is 5.92 Å². The molecule has 28 heavy (non-hydrogen) atoms. The van der Waals surface area contributed by atoms with E-state index in [4.69, 9.17) is 9.84 Å². The number of imidazole rings is 1. The molecule has 0 bridgehead atoms. The van der Waals surface area contributed by atoms with Crippen molar-refractivity contribution in [2.75, 3.05) is 13.2 Å². The SMILES string of the molecule is Oc1c(CC2CCOCC2)c(-c2ccccc2)nn1-c1nc2ccccc2[nH]1. The summed E-state index contributed by atoms with van der Waals surface area (Å²) in [7, 11) is 0. The van der Waals surface area contributed by atoms with Crippen molar-refractivity contribution in [2.24, 2.45) is 5.92 Å². The van der Waals surface area contributed by atoms with E-state index in [1.54, 1.807) is 0 Å². The third-order valence-electron chi connectivity index (χ3n) is 5.41. The second-order valence-corrected chi connectivity index (χ2v) is 7.27. The van der Waals surface area contributed by atoms with Gasteiger partial charge in [-0.2, -0.15) is 9.78 Å². The minimum absolute atomic E-state index is 0.157. The standard InChI is InChI=1S/C22H22N4O2/c27-21-17(14-15-10-12-28-13-11-15)20(16-6-2-1-3-7-16)25-26(21)22-23-18-8-4-5-9-19(18)24-22/h1-9,15,27H,10-14H2,(H,23,24). The zero-order valence-electron chi connectivity index (χ0n) is 15.5. The van der Waals surface area contributed by atoms with Crippen LogP contribution in [0.5, 0.6) is 5.88 Å². The molecule has 5 rings (SSSR count). The maximum atomic E-state index is 11.1. The van der Waals surface area contributed by atoms with E-state index >= 15 is 0 Å². The molecule has 0 atom stereocenters. The Morgan fingerprint density at radius 3 is 2.57 bits per heavy atom. The van der Waals surface area contributed by atoms with E-state index in [1.807, 2.05) is 54.6 Å². The van der Waals surface area contributed by atoms with Crippen LogP contribution in [0.3, 0.4) is 0 Å². The number of rotatable bonds is 4. The van der Waals surface area contributed by atoms with Gasteiger partial charge in [0.15, 0.2) is 0 Å². The van der Waals surface area contributed by atoms with Gasteiger partial charge in [0.05, 0.1) is 11.0 Å². The maximum Gasteiger partial charge on any atom is 0.232 e. The van der Waals surface area contributed by atoms with E-state index in [1.165, 1.54) is 4.68 Å². The number of hydrogen-bond donors (Lipinski definition) is 2. The van der Waals surface area contributed by atoms with Gasteiger partial charge in [-0.05, 0) is 37.3 Å². The summed E-state index contributed by atoms with van der Waals surface area (Å²) in [4.78, 5) is 7.86. The fourth-order valence-corrected chi connectivity index (χ4v) is 3.88. The molecule has 1 saturated heterocycles. The van der Waals surface area contributed by atoms with Crippen LogP contribution in [0.15, 0.2) is 54.6 Å². The lowest BCUT2D eigenvalue weighted by Gasteiger charge is -2.21. The summed E-state index contributed by atoms with van der Waals surface area (Å²) in [6.07, 6.45) is 2.78. The molecular formula is C22H22N4O2. The lowest BCUT2D eigenvalue weighted by molar-refractivity contribution is 0.0664. The van der Waals surface area contributed by atoms with Gasteiger partial charge in [-0.15, -0.1) is 0 Å². The number of para-hydroxylation sites is 2. The van der Waals surface area contributed by atoms with E-state index in [0.29, 0.717) is 11.9 Å². The van der Waals surface area contributed by atoms with Gasteiger partial charge in [-0.3, -0.25) is 0 Å². The first-order valence-corrected chi connectivity index (χ1v) is 9.69. The molecule has 0 unspecified atom stereocenters. The summed E-state index contributed by atoms with van der Waals surface area (Å²) in [6.45, 7) is 1.56. The van der Waals surface area contributed by atoms with Crippen LogP contribution in [-0.4, -0.2) is 38.1 Å². The lowest BCUT2D eigenvalue weighted by Crippen LogP contribution is -2.17. The van der Waals surface area contributed by atoms with E-state index in [9.17, 15) is 5.11 Å². The number of fused-ring (bicyclic) bond motifs is 1. The van der Waals surface area contributed by atoms with Crippen molar-refractivity contribution in [3.63, 3.8) is 0 Å². The van der Waals surface area contributed by atoms with Crippen LogP contribution in [0.1, 0.15) is 18.4 Å². The Morgan fingerprint density at radius 2 is 1.79 bits per heavy atom. The summed E-state index contributed by atoms with van der Waals surface area (Å²) in [5.74, 6) is 1.16. The Labute approximate surface area is 162 Å². The molecule has 6 heteroatoms. The smallest absolute Gasteiger partial charge is 0.232 e. The molecule has 0 amide bonds. The Morgan fingerprint density at radius 1 is 1.04 bits per heavy atom. The Hall–Kier alpha value is -3.12. The highest BCUT2D eigenvalue weighted by Crippen LogP contribution is 2.35. The number of aromatic hydroxyl groups is 1. The second-order valence-electron chi connectivity index (χ2n) is 7.27. The normalized spacial score (nSPS) is 15.3. The third-order valence-corrected chi connectivity index (χ3v) is 5.41. The highest BCUT2D eigenvalue weighted by Gasteiger charge is 2.25. The number of aromatic amines is 1. The quantitative estimate of drug-likeness (QED) is 0.564. The number of nitrogens with zero attached hydrogens (tertiary/aromatic N) is 3. The van der Waals surface area contributed by atoms with E-state index in [2.05, 4.69) is 9.97 Å². The van der Waals surface area contributed by atoms with Crippen molar-refractivity contribution in [3.05, 3.63) is 60.2 Å². The van der Waals surface area contributed by atoms with Gasteiger partial charge in [0.2, 0.25) is 11.8 Å². The van der Waals surface area contributed by atoms with Gasteiger partial charge in [-0.25, -0.2) is 4.98 Å². The lowest BCUT2D eigenvalue weighted by atomic mass is 9.91. The number of hydrogen-bond acceptors (Lipinski definition) is 4. The number of aromatic nitrogens is 4. The molecule has 4 aromatic rings. The minimum Gasteiger partial charge on any atom is -0.493 e. The zero-order chi connectivity index (χ0) is 18.9. The van der Waals surface area contributed by atoms with Crippen LogP contribution in [-0.2, 0) is 11.2 Å². The molecule has 1 aliphatic rings. The summed E-state index contributed by atoms with van der Waals surface area (Å²) >= 11 is 0. The number of benzene rings is 2. The fraction of sp³-hybridized carbons (Fsp3) is 0.273. The molecule has 2 N–H and O–H groups in total. The minimum atomic E-state index is 0.157. The second kappa shape index (κ2) is 7.13. The van der Waals surface area contributed by atoms with E-state index in [0.717, 1.165) is 60.3 Å². The van der Waals surface area contributed by atoms with Gasteiger partial charge in [0, 0.05) is 24.3 Å². The molecule has 0 aliphatic carbocycles. The van der Waals surface area contributed by atoms with Crippen LogP contribution in [0.4, 0.5) is 0 Å². The maximum absolute atomic E-state index is 11.1. The fourth-order valence-electron chi connectivity index (χ4n) is 3.88. The number of H-pyrrole nitrogens is 1. The summed E-state index contributed by atoms with van der Waals surface area (Å²) in [6, 6.07) is 17.8. The third kappa shape index (κ3) is 3.05. The van der Waals surface area contributed by atoms with Crippen LogP contribution in [0.25, 0.3) is 28.2 Å². The van der Waals surface area contributed by atoms with Gasteiger partial charge in [-0.1, -0.05) is 42.5 Å². The molecule has 3 heterocycles. The monoisotopic (exact) mass is 374 g/mol. The first kappa shape index (κ1) is 17.0. The number of ether oxygens (including phenoxy) is 1. The van der Waals surface area contributed by atoms with E-state index < -0.39 is 0 Å². The molecular weight excluding hydrogens is 352 g/mol. The molecule has 0 saturated carbocycles. The van der Waals surface area contributed by atoms with Gasteiger partial charge >= 0.3 is 0 Å². The van der Waals surface area contributed by atoms with Crippen molar-refractivity contribution in [1.29, 1.82) is 0 Å². The molecule has 2 aromatic carbocycles. The Balaban J connectivity index is 1.61. The van der Waals surface area contributed by atoms with Crippen LogP contribution < -0.4 is 0 Å². The largest absolute Gasteiger partial charge is 0.493 e. The Bertz CT molecular complexity index is 1060. The Kier molecular flexibility index (Phi) is 4.33. The van der Waals surface area contributed by atoms with Crippen molar-refractivity contribution < 1.29 is 9.84 Å². The summed E-state index contributed by atoms with van der Waals surface area (Å²) < 4.78 is 7.02. The van der Waals surface area contributed by atoms with Gasteiger partial charge in [0.1, 0.15) is 5.69 Å². The van der Waals surface area contributed by atoms with Crippen molar-refractivity contribution in [3.8, 4) is 23.1 Å². The van der Waals surface area contributed by atoms with Crippen molar-refractivity contribution in [1.82, 2.24) is 19.7 Å². The van der Waals surface area contributed by atoms with Crippen LogP contribution >= 0.6 is 0 Å². The van der Waals surface area contributed by atoms with Crippen molar-refractivity contribution in [2.45, 2.75) is 19.3 Å². The average Bonchev–Trinajstić information content (AvgIpc) is 3.31. The predicted octanol–water partition coefficient (Wildman–Crippen LogP) is 4.09. The van der Waals surface area contributed by atoms with E-state index in [-0.39, 0.29) is 5.88 Å². The molecule has 142 valence electrons. The molecule has 0 spiro atoms. The molecule has 6 nitrogen and oxygen atoms in total.